The molecular weight excluding hydrogens is 248 g/mol. The molecular formula is C12H14ClF2NO. The first kappa shape index (κ1) is 13.9. The van der Waals surface area contributed by atoms with Crippen molar-refractivity contribution < 1.29 is 13.6 Å². The van der Waals surface area contributed by atoms with Crippen LogP contribution in [0, 0.1) is 11.6 Å². The van der Waals surface area contributed by atoms with Gasteiger partial charge in [-0.25, -0.2) is 8.78 Å². The van der Waals surface area contributed by atoms with E-state index in [0.717, 1.165) is 24.6 Å². The predicted octanol–water partition coefficient (Wildman–Crippen LogP) is 3.10. The highest BCUT2D eigenvalue weighted by atomic mass is 35.5. The number of carbonyl (C=O) groups is 1. The first-order valence-corrected chi connectivity index (χ1v) is 5.90. The Morgan fingerprint density at radius 3 is 2.82 bits per heavy atom. The second-order valence-corrected chi connectivity index (χ2v) is 4.21. The van der Waals surface area contributed by atoms with Gasteiger partial charge >= 0.3 is 0 Å². The van der Waals surface area contributed by atoms with Gasteiger partial charge in [0.25, 0.3) is 5.91 Å². The fourth-order valence-corrected chi connectivity index (χ4v) is 1.58. The molecule has 0 saturated heterocycles. The average molecular weight is 262 g/mol. The molecule has 5 heteroatoms. The van der Waals surface area contributed by atoms with Gasteiger partial charge in [0.15, 0.2) is 0 Å². The summed E-state index contributed by atoms with van der Waals surface area (Å²) in [7, 11) is 0. The van der Waals surface area contributed by atoms with Gasteiger partial charge in [0.1, 0.15) is 11.6 Å². The molecule has 94 valence electrons. The Morgan fingerprint density at radius 2 is 2.18 bits per heavy atom. The summed E-state index contributed by atoms with van der Waals surface area (Å²) in [5, 5.41) is 2.59. The van der Waals surface area contributed by atoms with E-state index in [1.807, 2.05) is 0 Å². The van der Waals surface area contributed by atoms with Gasteiger partial charge in [-0.05, 0) is 38.0 Å². The summed E-state index contributed by atoms with van der Waals surface area (Å²) in [5.74, 6) is -1.46. The van der Waals surface area contributed by atoms with Crippen molar-refractivity contribution in [3.8, 4) is 0 Å². The molecule has 0 spiro atoms. The summed E-state index contributed by atoms with van der Waals surface area (Å²) >= 11 is 5.52. The van der Waals surface area contributed by atoms with Crippen molar-refractivity contribution in [2.75, 3.05) is 5.88 Å². The number of amides is 1. The Balaban J connectivity index is 2.66. The fraction of sp³-hybridized carbons (Fsp3) is 0.417. The molecule has 0 aliphatic carbocycles. The number of nitrogens with one attached hydrogen (secondary N) is 1. The zero-order valence-corrected chi connectivity index (χ0v) is 10.2. The molecule has 0 radical (unpaired) electrons. The van der Waals surface area contributed by atoms with Gasteiger partial charge in [0.05, 0.1) is 5.56 Å². The highest BCUT2D eigenvalue weighted by molar-refractivity contribution is 6.17. The Kier molecular flexibility index (Phi) is 5.35. The maximum Gasteiger partial charge on any atom is 0.254 e. The molecule has 1 rings (SSSR count). The lowest BCUT2D eigenvalue weighted by Crippen LogP contribution is -2.33. The average Bonchev–Trinajstić information content (AvgIpc) is 2.29. The van der Waals surface area contributed by atoms with E-state index in [2.05, 4.69) is 5.32 Å². The molecule has 17 heavy (non-hydrogen) atoms. The van der Waals surface area contributed by atoms with Crippen molar-refractivity contribution in [2.24, 2.45) is 0 Å². The lowest BCUT2D eigenvalue weighted by molar-refractivity contribution is 0.0933. The number of carbonyl (C=O) groups excluding carboxylic acids is 1. The van der Waals surface area contributed by atoms with Crippen molar-refractivity contribution in [1.82, 2.24) is 5.32 Å². The van der Waals surface area contributed by atoms with E-state index in [4.69, 9.17) is 11.6 Å². The van der Waals surface area contributed by atoms with E-state index < -0.39 is 17.5 Å². The minimum absolute atomic E-state index is 0.121. The molecule has 0 saturated carbocycles. The molecule has 2 nitrogen and oxygen atoms in total. The molecule has 1 aromatic rings. The van der Waals surface area contributed by atoms with E-state index in [1.54, 1.807) is 6.92 Å². The summed E-state index contributed by atoms with van der Waals surface area (Å²) in [6.07, 6.45) is 1.46. The van der Waals surface area contributed by atoms with Gasteiger partial charge in [-0.15, -0.1) is 11.6 Å². The van der Waals surface area contributed by atoms with Crippen molar-refractivity contribution in [3.63, 3.8) is 0 Å². The monoisotopic (exact) mass is 261 g/mol. The van der Waals surface area contributed by atoms with Crippen LogP contribution in [0.1, 0.15) is 30.1 Å². The first-order chi connectivity index (χ1) is 8.04. The van der Waals surface area contributed by atoms with Gasteiger partial charge in [-0.3, -0.25) is 4.79 Å². The van der Waals surface area contributed by atoms with Crippen LogP contribution >= 0.6 is 11.6 Å². The maximum atomic E-state index is 13.3. The number of rotatable bonds is 5. The van der Waals surface area contributed by atoms with Crippen LogP contribution in [-0.2, 0) is 0 Å². The van der Waals surface area contributed by atoms with Crippen molar-refractivity contribution in [1.29, 1.82) is 0 Å². The molecule has 0 aliphatic heterocycles. The molecule has 1 N–H and O–H groups in total. The van der Waals surface area contributed by atoms with Gasteiger partial charge < -0.3 is 5.32 Å². The van der Waals surface area contributed by atoms with Gasteiger partial charge in [0, 0.05) is 11.9 Å². The molecule has 1 aromatic carbocycles. The SMILES string of the molecule is CC(CCCCl)NC(=O)c1cc(F)ccc1F. The van der Waals surface area contributed by atoms with Crippen molar-refractivity contribution in [2.45, 2.75) is 25.8 Å². The van der Waals surface area contributed by atoms with E-state index in [0.29, 0.717) is 12.3 Å². The van der Waals surface area contributed by atoms with E-state index in [-0.39, 0.29) is 11.6 Å². The third-order valence-corrected chi connectivity index (χ3v) is 2.59. The summed E-state index contributed by atoms with van der Waals surface area (Å²) in [5.41, 5.74) is -0.275. The number of hydrogen-bond donors (Lipinski definition) is 1. The quantitative estimate of drug-likeness (QED) is 0.811. The Morgan fingerprint density at radius 1 is 1.47 bits per heavy atom. The van der Waals surface area contributed by atoms with Crippen molar-refractivity contribution in [3.05, 3.63) is 35.4 Å². The minimum atomic E-state index is -0.728. The highest BCUT2D eigenvalue weighted by Gasteiger charge is 2.14. The molecule has 0 aromatic heterocycles. The first-order valence-electron chi connectivity index (χ1n) is 5.36. The smallest absolute Gasteiger partial charge is 0.254 e. The summed E-state index contributed by atoms with van der Waals surface area (Å²) < 4.78 is 26.2. The fourth-order valence-electron chi connectivity index (χ4n) is 1.43. The van der Waals surface area contributed by atoms with Gasteiger partial charge in [0.2, 0.25) is 0 Å². The largest absolute Gasteiger partial charge is 0.349 e. The van der Waals surface area contributed by atoms with Crippen LogP contribution < -0.4 is 5.32 Å². The van der Waals surface area contributed by atoms with Crippen LogP contribution in [0.25, 0.3) is 0 Å². The maximum absolute atomic E-state index is 13.3. The standard InChI is InChI=1S/C12H14ClF2NO/c1-8(3-2-6-13)16-12(17)10-7-9(14)4-5-11(10)15/h4-5,7-8H,2-3,6H2,1H3,(H,16,17). The third-order valence-electron chi connectivity index (χ3n) is 2.32. The number of hydrogen-bond acceptors (Lipinski definition) is 1. The van der Waals surface area contributed by atoms with Gasteiger partial charge in [-0.2, -0.15) is 0 Å². The second kappa shape index (κ2) is 6.55. The van der Waals surface area contributed by atoms with E-state index in [1.165, 1.54) is 0 Å². The minimum Gasteiger partial charge on any atom is -0.349 e. The van der Waals surface area contributed by atoms with Crippen LogP contribution in [0.2, 0.25) is 0 Å². The van der Waals surface area contributed by atoms with Crippen molar-refractivity contribution >= 4 is 17.5 Å². The number of benzene rings is 1. The summed E-state index contributed by atoms with van der Waals surface area (Å²) in [4.78, 5) is 11.6. The molecule has 0 fully saturated rings. The summed E-state index contributed by atoms with van der Waals surface area (Å²) in [6, 6.07) is 2.68. The molecule has 0 heterocycles. The Labute approximate surface area is 104 Å². The predicted molar refractivity (Wildman–Crippen MR) is 63.2 cm³/mol. The Hall–Kier alpha value is -1.16. The van der Waals surface area contributed by atoms with Gasteiger partial charge in [-0.1, -0.05) is 0 Å². The molecule has 1 unspecified atom stereocenters. The molecule has 1 atom stereocenters. The van der Waals surface area contributed by atoms with Crippen LogP contribution in [0.5, 0.6) is 0 Å². The number of alkyl halides is 1. The number of halogens is 3. The Bertz CT molecular complexity index is 398. The van der Waals surface area contributed by atoms with E-state index >= 15 is 0 Å². The normalized spacial score (nSPS) is 12.2. The van der Waals surface area contributed by atoms with E-state index in [9.17, 15) is 13.6 Å². The lowest BCUT2D eigenvalue weighted by Gasteiger charge is -2.13. The molecule has 1 amide bonds. The lowest BCUT2D eigenvalue weighted by atomic mass is 10.1. The van der Waals surface area contributed by atoms with Crippen LogP contribution in [0.15, 0.2) is 18.2 Å². The topological polar surface area (TPSA) is 29.1 Å². The summed E-state index contributed by atoms with van der Waals surface area (Å²) in [6.45, 7) is 1.79. The van der Waals surface area contributed by atoms with Crippen LogP contribution in [0.3, 0.4) is 0 Å². The molecule has 0 bridgehead atoms. The zero-order valence-electron chi connectivity index (χ0n) is 9.47. The zero-order chi connectivity index (χ0) is 12.8. The van der Waals surface area contributed by atoms with Crippen LogP contribution in [0.4, 0.5) is 8.78 Å². The van der Waals surface area contributed by atoms with Crippen LogP contribution in [-0.4, -0.2) is 17.8 Å². The molecule has 0 aliphatic rings. The highest BCUT2D eigenvalue weighted by Crippen LogP contribution is 2.10. The third kappa shape index (κ3) is 4.30. The second-order valence-electron chi connectivity index (χ2n) is 3.83.